The van der Waals surface area contributed by atoms with Crippen LogP contribution < -0.4 is 5.32 Å². The van der Waals surface area contributed by atoms with Gasteiger partial charge in [0.2, 0.25) is 0 Å². The summed E-state index contributed by atoms with van der Waals surface area (Å²) in [5.41, 5.74) is 0.606. The van der Waals surface area contributed by atoms with Crippen molar-refractivity contribution in [2.24, 2.45) is 0 Å². The molecular weight excluding hydrogens is 382 g/mol. The lowest BCUT2D eigenvalue weighted by atomic mass is 10.2. The number of carbonyl (C=O) groups is 2. The van der Waals surface area contributed by atoms with Gasteiger partial charge in [-0.25, -0.2) is 4.79 Å². The van der Waals surface area contributed by atoms with Gasteiger partial charge in [0, 0.05) is 8.95 Å². The first kappa shape index (κ1) is 14.5. The Morgan fingerprint density at radius 3 is 2.32 bits per heavy atom. The zero-order valence-electron chi connectivity index (χ0n) is 9.73. The SMILES string of the molecule is O=C(O)C1CCC(C(=O)Nc2c(Br)cccc2Br)O1. The monoisotopic (exact) mass is 391 g/mol. The third-order valence-electron chi connectivity index (χ3n) is 2.80. The quantitative estimate of drug-likeness (QED) is 0.829. The summed E-state index contributed by atoms with van der Waals surface area (Å²) >= 11 is 6.68. The van der Waals surface area contributed by atoms with Gasteiger partial charge in [-0.2, -0.15) is 0 Å². The van der Waals surface area contributed by atoms with Gasteiger partial charge in [0.25, 0.3) is 5.91 Å². The third kappa shape index (κ3) is 3.34. The van der Waals surface area contributed by atoms with Crippen molar-refractivity contribution in [3.63, 3.8) is 0 Å². The average molecular weight is 393 g/mol. The van der Waals surface area contributed by atoms with E-state index in [-0.39, 0.29) is 5.91 Å². The van der Waals surface area contributed by atoms with Crippen molar-refractivity contribution in [2.75, 3.05) is 5.32 Å². The molecule has 0 saturated carbocycles. The summed E-state index contributed by atoms with van der Waals surface area (Å²) < 4.78 is 6.67. The van der Waals surface area contributed by atoms with E-state index in [4.69, 9.17) is 9.84 Å². The second-order valence-corrected chi connectivity index (χ2v) is 5.82. The van der Waals surface area contributed by atoms with Crippen LogP contribution in [0, 0.1) is 0 Å². The summed E-state index contributed by atoms with van der Waals surface area (Å²) in [6, 6.07) is 5.43. The Balaban J connectivity index is 2.04. The van der Waals surface area contributed by atoms with Gasteiger partial charge in [0.1, 0.15) is 6.10 Å². The van der Waals surface area contributed by atoms with Crippen LogP contribution in [0.4, 0.5) is 5.69 Å². The molecule has 2 unspecified atom stereocenters. The topological polar surface area (TPSA) is 75.6 Å². The van der Waals surface area contributed by atoms with Crippen LogP contribution in [0.25, 0.3) is 0 Å². The molecule has 1 aromatic rings. The number of para-hydroxylation sites is 1. The minimum atomic E-state index is -1.03. The van der Waals surface area contributed by atoms with Crippen LogP contribution in [0.5, 0.6) is 0 Å². The van der Waals surface area contributed by atoms with Crippen molar-refractivity contribution in [2.45, 2.75) is 25.0 Å². The Morgan fingerprint density at radius 2 is 1.79 bits per heavy atom. The zero-order chi connectivity index (χ0) is 14.0. The molecule has 19 heavy (non-hydrogen) atoms. The summed E-state index contributed by atoms with van der Waals surface area (Å²) in [5.74, 6) is -1.37. The highest BCUT2D eigenvalue weighted by Gasteiger charge is 2.35. The summed E-state index contributed by atoms with van der Waals surface area (Å²) in [4.78, 5) is 22.8. The molecule has 0 aromatic heterocycles. The van der Waals surface area contributed by atoms with Crippen molar-refractivity contribution in [3.8, 4) is 0 Å². The Labute approximate surface area is 126 Å². The fraction of sp³-hybridized carbons (Fsp3) is 0.333. The fourth-order valence-electron chi connectivity index (χ4n) is 1.83. The molecule has 1 heterocycles. The van der Waals surface area contributed by atoms with Gasteiger partial charge in [0.05, 0.1) is 5.69 Å². The normalized spacial score (nSPS) is 22.2. The van der Waals surface area contributed by atoms with Crippen LogP contribution in [0.15, 0.2) is 27.1 Å². The van der Waals surface area contributed by atoms with Crippen LogP contribution in [-0.2, 0) is 14.3 Å². The molecule has 1 fully saturated rings. The molecule has 1 saturated heterocycles. The Hall–Kier alpha value is -0.920. The first-order valence-corrected chi connectivity index (χ1v) is 7.21. The number of carbonyl (C=O) groups excluding carboxylic acids is 1. The first-order chi connectivity index (χ1) is 8.99. The summed E-state index contributed by atoms with van der Waals surface area (Å²) in [6.45, 7) is 0. The summed E-state index contributed by atoms with van der Waals surface area (Å²) in [6.07, 6.45) is -0.853. The lowest BCUT2D eigenvalue weighted by molar-refractivity contribution is -0.150. The highest BCUT2D eigenvalue weighted by molar-refractivity contribution is 9.11. The predicted molar refractivity (Wildman–Crippen MR) is 76.0 cm³/mol. The number of carboxylic acids is 1. The van der Waals surface area contributed by atoms with Crippen molar-refractivity contribution in [1.82, 2.24) is 0 Å². The highest BCUT2D eigenvalue weighted by Crippen LogP contribution is 2.31. The number of carboxylic acid groups (broad SMARTS) is 1. The molecule has 1 aliphatic rings. The lowest BCUT2D eigenvalue weighted by Crippen LogP contribution is -2.30. The molecule has 1 aromatic carbocycles. The largest absolute Gasteiger partial charge is 0.479 e. The number of ether oxygens (including phenoxy) is 1. The van der Waals surface area contributed by atoms with E-state index in [9.17, 15) is 9.59 Å². The van der Waals surface area contributed by atoms with E-state index < -0.39 is 18.2 Å². The van der Waals surface area contributed by atoms with Gasteiger partial charge in [-0.3, -0.25) is 4.79 Å². The minimum absolute atomic E-state index is 0.337. The number of nitrogens with one attached hydrogen (secondary N) is 1. The molecule has 2 N–H and O–H groups in total. The molecule has 0 bridgehead atoms. The molecular formula is C12H11Br2NO4. The molecule has 0 radical (unpaired) electrons. The number of amides is 1. The van der Waals surface area contributed by atoms with Crippen LogP contribution in [-0.4, -0.2) is 29.2 Å². The second kappa shape index (κ2) is 6.02. The van der Waals surface area contributed by atoms with Crippen molar-refractivity contribution < 1.29 is 19.4 Å². The van der Waals surface area contributed by atoms with E-state index in [0.29, 0.717) is 18.5 Å². The predicted octanol–water partition coefficient (Wildman–Crippen LogP) is 2.78. The van der Waals surface area contributed by atoms with E-state index in [1.165, 1.54) is 0 Å². The van der Waals surface area contributed by atoms with Crippen molar-refractivity contribution in [3.05, 3.63) is 27.1 Å². The molecule has 5 nitrogen and oxygen atoms in total. The van der Waals surface area contributed by atoms with Gasteiger partial charge >= 0.3 is 5.97 Å². The van der Waals surface area contributed by atoms with Crippen molar-refractivity contribution in [1.29, 1.82) is 0 Å². The molecule has 1 amide bonds. The first-order valence-electron chi connectivity index (χ1n) is 5.62. The molecule has 7 heteroatoms. The smallest absolute Gasteiger partial charge is 0.332 e. The maximum Gasteiger partial charge on any atom is 0.332 e. The maximum atomic E-state index is 12.0. The van der Waals surface area contributed by atoms with Gasteiger partial charge in [-0.1, -0.05) is 6.07 Å². The Bertz CT molecular complexity index is 500. The molecule has 0 aliphatic carbocycles. The number of benzene rings is 1. The second-order valence-electron chi connectivity index (χ2n) is 4.11. The van der Waals surface area contributed by atoms with Gasteiger partial charge in [0.15, 0.2) is 6.10 Å². The Morgan fingerprint density at radius 1 is 1.21 bits per heavy atom. The van der Waals surface area contributed by atoms with E-state index in [1.807, 2.05) is 6.07 Å². The maximum absolute atomic E-state index is 12.0. The van der Waals surface area contributed by atoms with Crippen LogP contribution in [0.2, 0.25) is 0 Å². The Kier molecular flexibility index (Phi) is 4.59. The van der Waals surface area contributed by atoms with Crippen LogP contribution in [0.3, 0.4) is 0 Å². The third-order valence-corrected chi connectivity index (χ3v) is 4.12. The highest BCUT2D eigenvalue weighted by atomic mass is 79.9. The number of rotatable bonds is 3. The van der Waals surface area contributed by atoms with Crippen molar-refractivity contribution >= 4 is 49.4 Å². The van der Waals surface area contributed by atoms with Gasteiger partial charge in [-0.15, -0.1) is 0 Å². The lowest BCUT2D eigenvalue weighted by Gasteiger charge is -2.14. The van der Waals surface area contributed by atoms with Crippen LogP contribution >= 0.6 is 31.9 Å². The molecule has 2 atom stereocenters. The summed E-state index contributed by atoms with van der Waals surface area (Å²) in [5, 5.41) is 11.5. The fourth-order valence-corrected chi connectivity index (χ4v) is 3.03. The summed E-state index contributed by atoms with van der Waals surface area (Å²) in [7, 11) is 0. The number of hydrogen-bond acceptors (Lipinski definition) is 3. The standard InChI is InChI=1S/C12H11Br2NO4/c13-6-2-1-3-7(14)10(6)15-11(16)8-4-5-9(19-8)12(17)18/h1-3,8-9H,4-5H2,(H,15,16)(H,17,18). The average Bonchev–Trinajstić information content (AvgIpc) is 2.83. The van der Waals surface area contributed by atoms with E-state index in [2.05, 4.69) is 37.2 Å². The molecule has 102 valence electrons. The molecule has 2 rings (SSSR count). The number of halogens is 2. The van der Waals surface area contributed by atoms with E-state index >= 15 is 0 Å². The van der Waals surface area contributed by atoms with E-state index in [0.717, 1.165) is 8.95 Å². The minimum Gasteiger partial charge on any atom is -0.479 e. The molecule has 0 spiro atoms. The number of anilines is 1. The van der Waals surface area contributed by atoms with Gasteiger partial charge in [-0.05, 0) is 56.8 Å². The molecule has 1 aliphatic heterocycles. The van der Waals surface area contributed by atoms with E-state index in [1.54, 1.807) is 12.1 Å². The van der Waals surface area contributed by atoms with Gasteiger partial charge < -0.3 is 15.2 Å². The number of aliphatic carboxylic acids is 1. The number of hydrogen-bond donors (Lipinski definition) is 2. The van der Waals surface area contributed by atoms with Crippen LogP contribution in [0.1, 0.15) is 12.8 Å². The zero-order valence-corrected chi connectivity index (χ0v) is 12.9.